The van der Waals surface area contributed by atoms with Gasteiger partial charge in [0.2, 0.25) is 0 Å². The first-order valence-electron chi connectivity index (χ1n) is 8.68. The van der Waals surface area contributed by atoms with Crippen molar-refractivity contribution in [3.05, 3.63) is 47.0 Å². The molecule has 1 aliphatic heterocycles. The van der Waals surface area contributed by atoms with E-state index in [0.29, 0.717) is 0 Å². The number of ether oxygens (including phenoxy) is 4. The average molecular weight is 451 g/mol. The van der Waals surface area contributed by atoms with Gasteiger partial charge in [0.1, 0.15) is 18.1 Å². The molecule has 0 aromatic heterocycles. The van der Waals surface area contributed by atoms with Crippen molar-refractivity contribution < 1.29 is 46.9 Å². The fourth-order valence-corrected chi connectivity index (χ4v) is 4.11. The Bertz CT molecular complexity index is 1170. The summed E-state index contributed by atoms with van der Waals surface area (Å²) in [6.45, 7) is 0.402. The van der Waals surface area contributed by atoms with Crippen molar-refractivity contribution in [2.75, 3.05) is 32.2 Å². The lowest BCUT2D eigenvalue weighted by molar-refractivity contribution is 0.0583. The first kappa shape index (κ1) is 21.9. The van der Waals surface area contributed by atoms with E-state index in [1.54, 1.807) is 0 Å². The van der Waals surface area contributed by atoms with E-state index in [1.807, 2.05) is 0 Å². The molecule has 2 aromatic carbocycles. The van der Waals surface area contributed by atoms with Crippen LogP contribution in [0.25, 0.3) is 0 Å². The second kappa shape index (κ2) is 8.52. The second-order valence-corrected chi connectivity index (χ2v) is 7.80. The predicted octanol–water partition coefficient (Wildman–Crippen LogP) is 1.53. The van der Waals surface area contributed by atoms with Crippen LogP contribution in [0.2, 0.25) is 0 Å². The number of hydrogen-bond donors (Lipinski definition) is 2. The zero-order valence-electron chi connectivity index (χ0n) is 16.3. The Labute approximate surface area is 176 Å². The van der Waals surface area contributed by atoms with E-state index in [-0.39, 0.29) is 41.5 Å². The number of esters is 2. The van der Waals surface area contributed by atoms with Gasteiger partial charge in [0.05, 0.1) is 36.6 Å². The normalized spacial score (nSPS) is 12.6. The van der Waals surface area contributed by atoms with Crippen LogP contribution >= 0.6 is 0 Å². The zero-order valence-corrected chi connectivity index (χ0v) is 17.1. The molecule has 2 aromatic rings. The Morgan fingerprint density at radius 2 is 1.55 bits per heavy atom. The molecular weight excluding hydrogens is 434 g/mol. The van der Waals surface area contributed by atoms with E-state index >= 15 is 0 Å². The van der Waals surface area contributed by atoms with Crippen molar-refractivity contribution in [2.24, 2.45) is 0 Å². The minimum atomic E-state index is -4.56. The molecule has 0 spiro atoms. The second-order valence-electron chi connectivity index (χ2n) is 6.15. The monoisotopic (exact) mass is 451 g/mol. The van der Waals surface area contributed by atoms with Gasteiger partial charge in [-0.25, -0.2) is 22.8 Å². The highest BCUT2D eigenvalue weighted by molar-refractivity contribution is 7.92. The fraction of sp³-hybridized carbons (Fsp3) is 0.211. The zero-order chi connectivity index (χ0) is 22.8. The van der Waals surface area contributed by atoms with Gasteiger partial charge in [-0.05, 0) is 18.2 Å². The van der Waals surface area contributed by atoms with Gasteiger partial charge in [-0.2, -0.15) is 0 Å². The molecule has 0 aliphatic carbocycles. The summed E-state index contributed by atoms with van der Waals surface area (Å²) in [6, 6.07) is 5.51. The first-order valence-corrected chi connectivity index (χ1v) is 10.2. The quantitative estimate of drug-likeness (QED) is 0.618. The molecule has 1 aliphatic rings. The molecule has 0 amide bonds. The number of anilines is 1. The summed E-state index contributed by atoms with van der Waals surface area (Å²) in [4.78, 5) is 35.0. The third kappa shape index (κ3) is 4.38. The molecule has 12 heteroatoms. The van der Waals surface area contributed by atoms with Crippen molar-refractivity contribution in [2.45, 2.75) is 4.90 Å². The Morgan fingerprint density at radius 3 is 2.13 bits per heavy atom. The minimum absolute atomic E-state index is 0.142. The molecule has 0 saturated heterocycles. The van der Waals surface area contributed by atoms with Gasteiger partial charge < -0.3 is 24.1 Å². The molecule has 0 saturated carbocycles. The van der Waals surface area contributed by atoms with Crippen LogP contribution in [-0.2, 0) is 19.5 Å². The molecular formula is C19H17NO10S. The molecule has 0 fully saturated rings. The summed E-state index contributed by atoms with van der Waals surface area (Å²) in [7, 11) is -2.40. The Hall–Kier alpha value is -3.80. The standard InChI is InChI=1S/C19H17NO10S/c1-27-18(23)10-3-4-11(19(24)28-2)16(7-10)31(25,26)20-13-9-15-14(29-5-6-30-15)8-12(13)17(21)22/h3-4,7-9,20H,5-6H2,1-2H3,(H,21,22). The van der Waals surface area contributed by atoms with Crippen molar-refractivity contribution in [1.82, 2.24) is 0 Å². The van der Waals surface area contributed by atoms with Crippen molar-refractivity contribution in [3.63, 3.8) is 0 Å². The predicted molar refractivity (Wildman–Crippen MR) is 104 cm³/mol. The molecule has 11 nitrogen and oxygen atoms in total. The topological polar surface area (TPSA) is 155 Å². The van der Waals surface area contributed by atoms with Gasteiger partial charge in [0.15, 0.2) is 11.5 Å². The number of nitrogens with one attached hydrogen (secondary N) is 1. The largest absolute Gasteiger partial charge is 0.486 e. The number of rotatable bonds is 6. The van der Waals surface area contributed by atoms with Crippen LogP contribution in [0.4, 0.5) is 5.69 Å². The average Bonchev–Trinajstić information content (AvgIpc) is 2.76. The SMILES string of the molecule is COC(=O)c1ccc(C(=O)OC)c(S(=O)(=O)Nc2cc3c(cc2C(=O)O)OCCO3)c1. The number of hydrogen-bond acceptors (Lipinski definition) is 9. The molecule has 0 bridgehead atoms. The van der Waals surface area contributed by atoms with Gasteiger partial charge in [-0.3, -0.25) is 4.72 Å². The van der Waals surface area contributed by atoms with Crippen LogP contribution in [0.15, 0.2) is 35.2 Å². The number of benzene rings is 2. The molecule has 31 heavy (non-hydrogen) atoms. The molecule has 0 atom stereocenters. The lowest BCUT2D eigenvalue weighted by atomic mass is 10.1. The summed E-state index contributed by atoms with van der Waals surface area (Å²) in [5, 5.41) is 9.50. The number of carbonyl (C=O) groups is 3. The lowest BCUT2D eigenvalue weighted by Gasteiger charge is -2.21. The minimum Gasteiger partial charge on any atom is -0.486 e. The number of aromatic carboxylic acids is 1. The third-order valence-corrected chi connectivity index (χ3v) is 5.66. The third-order valence-electron chi connectivity index (χ3n) is 4.25. The maximum atomic E-state index is 13.1. The summed E-state index contributed by atoms with van der Waals surface area (Å²) in [5.74, 6) is -2.94. The van der Waals surface area contributed by atoms with Gasteiger partial charge in [-0.1, -0.05) is 0 Å². The molecule has 0 radical (unpaired) electrons. The first-order chi connectivity index (χ1) is 14.7. The number of methoxy groups -OCH3 is 2. The van der Waals surface area contributed by atoms with Gasteiger partial charge in [-0.15, -0.1) is 0 Å². The van der Waals surface area contributed by atoms with E-state index < -0.39 is 38.4 Å². The summed E-state index contributed by atoms with van der Waals surface area (Å²) in [6.07, 6.45) is 0. The molecule has 0 unspecified atom stereocenters. The fourth-order valence-electron chi connectivity index (χ4n) is 2.82. The molecule has 1 heterocycles. The Morgan fingerprint density at radius 1 is 0.935 bits per heavy atom. The van der Waals surface area contributed by atoms with Gasteiger partial charge >= 0.3 is 17.9 Å². The smallest absolute Gasteiger partial charge is 0.339 e. The summed E-state index contributed by atoms with van der Waals surface area (Å²) in [5.41, 5.74) is -1.24. The van der Waals surface area contributed by atoms with E-state index in [0.717, 1.165) is 38.5 Å². The van der Waals surface area contributed by atoms with Crippen LogP contribution in [0.5, 0.6) is 11.5 Å². The maximum Gasteiger partial charge on any atom is 0.339 e. The maximum absolute atomic E-state index is 13.1. The summed E-state index contributed by atoms with van der Waals surface area (Å²) >= 11 is 0. The number of sulfonamides is 1. The Kier molecular flexibility index (Phi) is 6.02. The van der Waals surface area contributed by atoms with Crippen molar-refractivity contribution >= 4 is 33.6 Å². The van der Waals surface area contributed by atoms with E-state index in [1.165, 1.54) is 6.07 Å². The lowest BCUT2D eigenvalue weighted by Crippen LogP contribution is -2.21. The van der Waals surface area contributed by atoms with Crippen molar-refractivity contribution in [1.29, 1.82) is 0 Å². The highest BCUT2D eigenvalue weighted by Gasteiger charge is 2.28. The number of carboxylic acids is 1. The van der Waals surface area contributed by atoms with E-state index in [2.05, 4.69) is 14.2 Å². The number of fused-ring (bicyclic) bond motifs is 1. The molecule has 164 valence electrons. The highest BCUT2D eigenvalue weighted by atomic mass is 32.2. The van der Waals surface area contributed by atoms with Crippen LogP contribution < -0.4 is 14.2 Å². The number of carboxylic acid groups (broad SMARTS) is 1. The summed E-state index contributed by atoms with van der Waals surface area (Å²) < 4.78 is 48.3. The van der Waals surface area contributed by atoms with Gasteiger partial charge in [0.25, 0.3) is 10.0 Å². The van der Waals surface area contributed by atoms with E-state index in [4.69, 9.17) is 9.47 Å². The highest BCUT2D eigenvalue weighted by Crippen LogP contribution is 2.36. The van der Waals surface area contributed by atoms with Gasteiger partial charge in [0, 0.05) is 12.1 Å². The molecule has 3 rings (SSSR count). The molecule has 2 N–H and O–H groups in total. The Balaban J connectivity index is 2.13. The van der Waals surface area contributed by atoms with Crippen LogP contribution in [0.1, 0.15) is 31.1 Å². The number of carbonyl (C=O) groups excluding carboxylic acids is 2. The van der Waals surface area contributed by atoms with Crippen LogP contribution in [0, 0.1) is 0 Å². The van der Waals surface area contributed by atoms with Crippen LogP contribution in [0.3, 0.4) is 0 Å². The van der Waals surface area contributed by atoms with Crippen LogP contribution in [-0.4, -0.2) is 58.9 Å². The van der Waals surface area contributed by atoms with Crippen molar-refractivity contribution in [3.8, 4) is 11.5 Å². The van der Waals surface area contributed by atoms with E-state index in [9.17, 15) is 27.9 Å².